The molecule has 2 bridgehead atoms. The first-order valence-electron chi connectivity index (χ1n) is 8.50. The number of piperidine rings is 1. The molecule has 0 aromatic carbocycles. The molecule has 25 heavy (non-hydrogen) atoms. The fourth-order valence-corrected chi connectivity index (χ4v) is 3.82. The average Bonchev–Trinajstić information content (AvgIpc) is 2.55. The van der Waals surface area contributed by atoms with Crippen molar-refractivity contribution >= 4 is 11.5 Å². The molecule has 3 saturated heterocycles. The first-order valence-corrected chi connectivity index (χ1v) is 8.50. The highest BCUT2D eigenvalue weighted by atomic mass is 19.1. The minimum Gasteiger partial charge on any atom is -0.367 e. The number of anilines is 2. The van der Waals surface area contributed by atoms with Crippen LogP contribution in [0.2, 0.25) is 0 Å². The zero-order chi connectivity index (χ0) is 17.8. The Bertz CT molecular complexity index is 792. The summed E-state index contributed by atoms with van der Waals surface area (Å²) in [7, 11) is 0. The summed E-state index contributed by atoms with van der Waals surface area (Å²) in [5, 5.41) is 0. The van der Waals surface area contributed by atoms with Crippen molar-refractivity contribution in [3.8, 4) is 0 Å². The monoisotopic (exact) mass is 345 g/mol. The van der Waals surface area contributed by atoms with Gasteiger partial charge >= 0.3 is 0 Å². The van der Waals surface area contributed by atoms with Crippen LogP contribution in [-0.2, 0) is 5.41 Å². The van der Waals surface area contributed by atoms with E-state index < -0.39 is 5.95 Å². The number of halogens is 2. The molecular weight excluding hydrogens is 324 g/mol. The third-order valence-corrected chi connectivity index (χ3v) is 4.99. The highest BCUT2D eigenvalue weighted by Crippen LogP contribution is 2.40. The zero-order valence-electron chi connectivity index (χ0n) is 14.6. The Morgan fingerprint density at radius 3 is 2.44 bits per heavy atom. The molecule has 2 aromatic rings. The maximum absolute atomic E-state index is 15.0. The van der Waals surface area contributed by atoms with Crippen molar-refractivity contribution in [3.63, 3.8) is 0 Å². The summed E-state index contributed by atoms with van der Waals surface area (Å²) in [5.74, 6) is -0.417. The van der Waals surface area contributed by atoms with Crippen molar-refractivity contribution in [2.24, 2.45) is 0 Å². The molecule has 2 aromatic heterocycles. The standard InChI is InChI=1S/C18H21F2N5/c1-18(2,3)16-15(20)17(23-10-22-16)25-12-6-13(25)9-24(8-12)11-4-5-21-14(19)7-11/h4-5,7,10,12-13H,6,8-9H2,1-3H3. The average molecular weight is 345 g/mol. The van der Waals surface area contributed by atoms with E-state index in [1.54, 1.807) is 6.07 Å². The lowest BCUT2D eigenvalue weighted by Gasteiger charge is -2.57. The number of aromatic nitrogens is 3. The van der Waals surface area contributed by atoms with Crippen LogP contribution in [0.15, 0.2) is 24.7 Å². The SMILES string of the molecule is CC(C)(C)c1ncnc(N2C3CC2CN(c2ccnc(F)c2)C3)c1F. The van der Waals surface area contributed by atoms with E-state index >= 15 is 0 Å². The molecule has 3 aliphatic rings. The summed E-state index contributed by atoms with van der Waals surface area (Å²) in [6, 6.07) is 3.60. The number of hydrogen-bond acceptors (Lipinski definition) is 5. The van der Waals surface area contributed by atoms with E-state index in [0.717, 1.165) is 12.1 Å². The highest BCUT2D eigenvalue weighted by molar-refractivity contribution is 5.55. The Kier molecular flexibility index (Phi) is 3.63. The lowest BCUT2D eigenvalue weighted by atomic mass is 9.86. The van der Waals surface area contributed by atoms with Crippen molar-refractivity contribution in [1.82, 2.24) is 15.0 Å². The molecule has 3 fully saturated rings. The molecule has 132 valence electrons. The van der Waals surface area contributed by atoms with Crippen LogP contribution in [0.4, 0.5) is 20.3 Å². The maximum Gasteiger partial charge on any atom is 0.214 e. The Morgan fingerprint density at radius 2 is 1.80 bits per heavy atom. The minimum atomic E-state index is -0.481. The van der Waals surface area contributed by atoms with Crippen LogP contribution >= 0.6 is 0 Å². The Hall–Kier alpha value is -2.31. The van der Waals surface area contributed by atoms with Crippen molar-refractivity contribution in [1.29, 1.82) is 0 Å². The molecule has 0 radical (unpaired) electrons. The summed E-state index contributed by atoms with van der Waals surface area (Å²) >= 11 is 0. The molecule has 0 spiro atoms. The number of fused-ring (bicyclic) bond motifs is 2. The number of piperazine rings is 1. The quantitative estimate of drug-likeness (QED) is 0.783. The fraction of sp³-hybridized carbons (Fsp3) is 0.500. The molecule has 0 N–H and O–H groups in total. The molecule has 5 rings (SSSR count). The van der Waals surface area contributed by atoms with Gasteiger partial charge in [-0.1, -0.05) is 20.8 Å². The number of nitrogens with zero attached hydrogens (tertiary/aromatic N) is 5. The predicted octanol–water partition coefficient (Wildman–Crippen LogP) is 2.91. The third-order valence-electron chi connectivity index (χ3n) is 4.99. The van der Waals surface area contributed by atoms with E-state index in [2.05, 4.69) is 24.8 Å². The van der Waals surface area contributed by atoms with Crippen molar-refractivity contribution in [3.05, 3.63) is 42.1 Å². The molecule has 0 amide bonds. The first-order chi connectivity index (χ1) is 11.8. The lowest BCUT2D eigenvalue weighted by molar-refractivity contribution is 0.284. The van der Waals surface area contributed by atoms with E-state index in [1.165, 1.54) is 18.6 Å². The van der Waals surface area contributed by atoms with Crippen LogP contribution in [0.25, 0.3) is 0 Å². The van der Waals surface area contributed by atoms with Crippen LogP contribution in [0.3, 0.4) is 0 Å². The molecule has 5 nitrogen and oxygen atoms in total. The molecule has 7 heteroatoms. The summed E-state index contributed by atoms with van der Waals surface area (Å²) < 4.78 is 28.3. The molecule has 3 aliphatic heterocycles. The molecular formula is C18H21F2N5. The summed E-state index contributed by atoms with van der Waals surface area (Å²) in [5.41, 5.74) is 0.887. The molecule has 0 saturated carbocycles. The van der Waals surface area contributed by atoms with Crippen LogP contribution in [0, 0.1) is 11.8 Å². The first kappa shape index (κ1) is 16.2. The topological polar surface area (TPSA) is 45.2 Å². The smallest absolute Gasteiger partial charge is 0.214 e. The summed E-state index contributed by atoms with van der Waals surface area (Å²) in [6.07, 6.45) is 3.92. The number of hydrogen-bond donors (Lipinski definition) is 0. The Balaban J connectivity index is 1.58. The van der Waals surface area contributed by atoms with Gasteiger partial charge in [-0.05, 0) is 12.5 Å². The van der Waals surface area contributed by atoms with Gasteiger partial charge in [0.05, 0.1) is 17.8 Å². The van der Waals surface area contributed by atoms with Crippen LogP contribution in [-0.4, -0.2) is 40.1 Å². The van der Waals surface area contributed by atoms with Gasteiger partial charge in [-0.25, -0.2) is 19.3 Å². The highest BCUT2D eigenvalue weighted by Gasteiger charge is 2.47. The molecule has 2 unspecified atom stereocenters. The zero-order valence-corrected chi connectivity index (χ0v) is 14.6. The molecule has 5 heterocycles. The van der Waals surface area contributed by atoms with Gasteiger partial charge in [-0.3, -0.25) is 0 Å². The van der Waals surface area contributed by atoms with E-state index in [9.17, 15) is 8.78 Å². The second-order valence-electron chi connectivity index (χ2n) is 7.80. The van der Waals surface area contributed by atoms with Crippen molar-refractivity contribution in [2.45, 2.75) is 44.7 Å². The van der Waals surface area contributed by atoms with Gasteiger partial charge in [0, 0.05) is 36.5 Å². The van der Waals surface area contributed by atoms with Gasteiger partial charge in [0.2, 0.25) is 5.95 Å². The maximum atomic E-state index is 15.0. The Morgan fingerprint density at radius 1 is 1.08 bits per heavy atom. The van der Waals surface area contributed by atoms with Crippen molar-refractivity contribution in [2.75, 3.05) is 22.9 Å². The summed E-state index contributed by atoms with van der Waals surface area (Å²) in [4.78, 5) is 16.2. The van der Waals surface area contributed by atoms with Crippen LogP contribution in [0.5, 0.6) is 0 Å². The largest absolute Gasteiger partial charge is 0.367 e. The van der Waals surface area contributed by atoms with Gasteiger partial charge < -0.3 is 9.80 Å². The van der Waals surface area contributed by atoms with E-state index in [1.807, 2.05) is 20.8 Å². The van der Waals surface area contributed by atoms with Gasteiger partial charge in [0.25, 0.3) is 0 Å². The summed E-state index contributed by atoms with van der Waals surface area (Å²) in [6.45, 7) is 7.26. The number of rotatable bonds is 2. The van der Waals surface area contributed by atoms with E-state index in [4.69, 9.17) is 0 Å². The lowest BCUT2D eigenvalue weighted by Crippen LogP contribution is -2.69. The minimum absolute atomic E-state index is 0.173. The van der Waals surface area contributed by atoms with Gasteiger partial charge in [-0.2, -0.15) is 4.39 Å². The van der Waals surface area contributed by atoms with Gasteiger partial charge in [0.15, 0.2) is 11.6 Å². The van der Waals surface area contributed by atoms with Gasteiger partial charge in [-0.15, -0.1) is 0 Å². The second-order valence-corrected chi connectivity index (χ2v) is 7.80. The third kappa shape index (κ3) is 2.71. The van der Waals surface area contributed by atoms with E-state index in [-0.39, 0.29) is 23.3 Å². The van der Waals surface area contributed by atoms with Crippen molar-refractivity contribution < 1.29 is 8.78 Å². The normalized spacial score (nSPS) is 22.8. The molecule has 2 atom stereocenters. The van der Waals surface area contributed by atoms with Gasteiger partial charge in [0.1, 0.15) is 6.33 Å². The fourth-order valence-electron chi connectivity index (χ4n) is 3.82. The Labute approximate surface area is 145 Å². The van der Waals surface area contributed by atoms with Crippen LogP contribution < -0.4 is 9.80 Å². The predicted molar refractivity (Wildman–Crippen MR) is 91.8 cm³/mol. The van der Waals surface area contributed by atoms with Crippen LogP contribution in [0.1, 0.15) is 32.9 Å². The second kappa shape index (κ2) is 5.61. The van der Waals surface area contributed by atoms with E-state index in [0.29, 0.717) is 24.6 Å². The number of pyridine rings is 1. The molecule has 0 aliphatic carbocycles.